The maximum Gasteiger partial charge on any atom is 0.137 e. The zero-order valence-corrected chi connectivity index (χ0v) is 12.6. The van der Waals surface area contributed by atoms with Gasteiger partial charge in [0.2, 0.25) is 0 Å². The van der Waals surface area contributed by atoms with Crippen molar-refractivity contribution in [3.8, 4) is 5.75 Å². The Morgan fingerprint density at radius 1 is 1.33 bits per heavy atom. The first-order chi connectivity index (χ1) is 8.61. The number of nitrogens with zero attached hydrogens (tertiary/aromatic N) is 1. The SMILES string of the molecule is COc1cncc(C(N)c2cc(Cl)ccc2I)c1. The Balaban J connectivity index is 2.40. The summed E-state index contributed by atoms with van der Waals surface area (Å²) in [6.07, 6.45) is 3.39. The molecule has 2 aromatic rings. The minimum atomic E-state index is -0.266. The van der Waals surface area contributed by atoms with Gasteiger partial charge in [-0.15, -0.1) is 0 Å². The predicted molar refractivity (Wildman–Crippen MR) is 81.0 cm³/mol. The molecule has 3 nitrogen and oxygen atoms in total. The van der Waals surface area contributed by atoms with Gasteiger partial charge in [0.1, 0.15) is 5.75 Å². The molecule has 1 heterocycles. The van der Waals surface area contributed by atoms with Crippen molar-refractivity contribution in [2.45, 2.75) is 6.04 Å². The number of aromatic nitrogens is 1. The molecule has 18 heavy (non-hydrogen) atoms. The van der Waals surface area contributed by atoms with Crippen LogP contribution in [0, 0.1) is 3.57 Å². The second-order valence-electron chi connectivity index (χ2n) is 3.80. The summed E-state index contributed by atoms with van der Waals surface area (Å²) in [6, 6.07) is 7.30. The van der Waals surface area contributed by atoms with Crippen molar-refractivity contribution < 1.29 is 4.74 Å². The number of nitrogens with two attached hydrogens (primary N) is 1. The van der Waals surface area contributed by atoms with Crippen LogP contribution in [-0.2, 0) is 0 Å². The van der Waals surface area contributed by atoms with Gasteiger partial charge in [-0.1, -0.05) is 11.6 Å². The third-order valence-corrected chi connectivity index (χ3v) is 3.84. The van der Waals surface area contributed by atoms with Crippen LogP contribution in [-0.4, -0.2) is 12.1 Å². The van der Waals surface area contributed by atoms with Crippen molar-refractivity contribution in [3.63, 3.8) is 0 Å². The largest absolute Gasteiger partial charge is 0.495 e. The second kappa shape index (κ2) is 5.86. The molecule has 0 saturated heterocycles. The van der Waals surface area contributed by atoms with Crippen LogP contribution >= 0.6 is 34.2 Å². The fourth-order valence-electron chi connectivity index (χ4n) is 1.65. The summed E-state index contributed by atoms with van der Waals surface area (Å²) in [4.78, 5) is 4.11. The number of rotatable bonds is 3. The van der Waals surface area contributed by atoms with E-state index >= 15 is 0 Å². The van der Waals surface area contributed by atoms with Crippen LogP contribution in [0.15, 0.2) is 36.7 Å². The Kier molecular flexibility index (Phi) is 4.42. The molecule has 1 unspecified atom stereocenters. The van der Waals surface area contributed by atoms with Crippen LogP contribution in [0.2, 0.25) is 5.02 Å². The molecule has 94 valence electrons. The lowest BCUT2D eigenvalue weighted by molar-refractivity contribution is 0.412. The standard InChI is InChI=1S/C13H12ClIN2O/c1-18-10-4-8(6-17-7-10)13(16)11-5-9(14)2-3-12(11)15/h2-7,13H,16H2,1H3. The first-order valence-electron chi connectivity index (χ1n) is 5.31. The van der Waals surface area contributed by atoms with Crippen LogP contribution < -0.4 is 10.5 Å². The summed E-state index contributed by atoms with van der Waals surface area (Å²) >= 11 is 8.25. The highest BCUT2D eigenvalue weighted by Crippen LogP contribution is 2.28. The van der Waals surface area contributed by atoms with Crippen molar-refractivity contribution >= 4 is 34.2 Å². The van der Waals surface area contributed by atoms with Crippen molar-refractivity contribution in [2.75, 3.05) is 7.11 Å². The van der Waals surface area contributed by atoms with Crippen LogP contribution in [0.25, 0.3) is 0 Å². The number of methoxy groups -OCH3 is 1. The molecule has 0 aliphatic rings. The lowest BCUT2D eigenvalue weighted by atomic mass is 10.0. The third kappa shape index (κ3) is 2.93. The minimum absolute atomic E-state index is 0.266. The molecule has 1 atom stereocenters. The van der Waals surface area contributed by atoms with Gasteiger partial charge in [-0.2, -0.15) is 0 Å². The van der Waals surface area contributed by atoms with E-state index in [4.69, 9.17) is 22.1 Å². The summed E-state index contributed by atoms with van der Waals surface area (Å²) in [7, 11) is 1.61. The fraction of sp³-hybridized carbons (Fsp3) is 0.154. The van der Waals surface area contributed by atoms with Gasteiger partial charge in [0, 0.05) is 14.8 Å². The molecule has 5 heteroatoms. The summed E-state index contributed by atoms with van der Waals surface area (Å²) in [5.41, 5.74) is 8.13. The minimum Gasteiger partial charge on any atom is -0.495 e. The number of benzene rings is 1. The lowest BCUT2D eigenvalue weighted by Gasteiger charge is -2.15. The summed E-state index contributed by atoms with van der Waals surface area (Å²) < 4.78 is 6.23. The van der Waals surface area contributed by atoms with Gasteiger partial charge in [-0.25, -0.2) is 0 Å². The molecule has 0 fully saturated rings. The maximum absolute atomic E-state index is 6.25. The Bertz CT molecular complexity index is 562. The van der Waals surface area contributed by atoms with Gasteiger partial charge in [-0.05, 0) is 58.0 Å². The summed E-state index contributed by atoms with van der Waals surface area (Å²) in [6.45, 7) is 0. The van der Waals surface area contributed by atoms with E-state index in [0.29, 0.717) is 10.8 Å². The fourth-order valence-corrected chi connectivity index (χ4v) is 2.50. The van der Waals surface area contributed by atoms with Crippen molar-refractivity contribution in [2.24, 2.45) is 5.73 Å². The molecule has 1 aromatic carbocycles. The molecule has 2 N–H and O–H groups in total. The number of halogens is 2. The predicted octanol–water partition coefficient (Wildman–Crippen LogP) is 3.40. The molecular weight excluding hydrogens is 363 g/mol. The van der Waals surface area contributed by atoms with Crippen LogP contribution in [0.5, 0.6) is 5.75 Å². The molecule has 0 radical (unpaired) electrons. The van der Waals surface area contributed by atoms with E-state index in [1.54, 1.807) is 19.5 Å². The molecule has 1 aromatic heterocycles. The summed E-state index contributed by atoms with van der Waals surface area (Å²) in [5, 5.41) is 0.678. The Labute approximate surface area is 124 Å². The normalized spacial score (nSPS) is 12.2. The van der Waals surface area contributed by atoms with Gasteiger partial charge in [-0.3, -0.25) is 4.98 Å². The number of hydrogen-bond acceptors (Lipinski definition) is 3. The highest BCUT2D eigenvalue weighted by molar-refractivity contribution is 14.1. The molecule has 0 aliphatic carbocycles. The first-order valence-corrected chi connectivity index (χ1v) is 6.77. The molecule has 0 saturated carbocycles. The van der Waals surface area contributed by atoms with Gasteiger partial charge >= 0.3 is 0 Å². The van der Waals surface area contributed by atoms with E-state index in [1.807, 2.05) is 24.3 Å². The smallest absolute Gasteiger partial charge is 0.137 e. The average molecular weight is 375 g/mol. The van der Waals surface area contributed by atoms with E-state index in [-0.39, 0.29) is 6.04 Å². The van der Waals surface area contributed by atoms with Gasteiger partial charge in [0.25, 0.3) is 0 Å². The highest BCUT2D eigenvalue weighted by Gasteiger charge is 2.13. The second-order valence-corrected chi connectivity index (χ2v) is 5.40. The van der Waals surface area contributed by atoms with E-state index < -0.39 is 0 Å². The lowest BCUT2D eigenvalue weighted by Crippen LogP contribution is -2.13. The monoisotopic (exact) mass is 374 g/mol. The Morgan fingerprint density at radius 3 is 2.83 bits per heavy atom. The van der Waals surface area contributed by atoms with Crippen molar-refractivity contribution in [1.82, 2.24) is 4.98 Å². The topological polar surface area (TPSA) is 48.1 Å². The number of hydrogen-bond donors (Lipinski definition) is 1. The van der Waals surface area contributed by atoms with E-state index in [1.165, 1.54) is 0 Å². The van der Waals surface area contributed by atoms with E-state index in [9.17, 15) is 0 Å². The number of pyridine rings is 1. The molecule has 0 aliphatic heterocycles. The molecular formula is C13H12ClIN2O. The Hall–Kier alpha value is -0.850. The zero-order chi connectivity index (χ0) is 13.1. The zero-order valence-electron chi connectivity index (χ0n) is 9.73. The molecule has 0 bridgehead atoms. The first kappa shape index (κ1) is 13.6. The van der Waals surface area contributed by atoms with Crippen molar-refractivity contribution in [1.29, 1.82) is 0 Å². The van der Waals surface area contributed by atoms with E-state index in [2.05, 4.69) is 27.6 Å². The third-order valence-electron chi connectivity index (χ3n) is 2.62. The average Bonchev–Trinajstić information content (AvgIpc) is 2.41. The maximum atomic E-state index is 6.25. The van der Waals surface area contributed by atoms with E-state index in [0.717, 1.165) is 14.7 Å². The van der Waals surface area contributed by atoms with Crippen LogP contribution in [0.1, 0.15) is 17.2 Å². The van der Waals surface area contributed by atoms with Crippen LogP contribution in [0.3, 0.4) is 0 Å². The van der Waals surface area contributed by atoms with Gasteiger partial charge < -0.3 is 10.5 Å². The highest BCUT2D eigenvalue weighted by atomic mass is 127. The quantitative estimate of drug-likeness (QED) is 0.838. The van der Waals surface area contributed by atoms with Crippen LogP contribution in [0.4, 0.5) is 0 Å². The van der Waals surface area contributed by atoms with Gasteiger partial charge in [0.15, 0.2) is 0 Å². The molecule has 0 amide bonds. The molecule has 0 spiro atoms. The number of ether oxygens (including phenoxy) is 1. The van der Waals surface area contributed by atoms with Crippen molar-refractivity contribution in [3.05, 3.63) is 56.4 Å². The molecule has 2 rings (SSSR count). The Morgan fingerprint density at radius 2 is 2.11 bits per heavy atom. The van der Waals surface area contributed by atoms with Gasteiger partial charge in [0.05, 0.1) is 19.3 Å². The summed E-state index contributed by atoms with van der Waals surface area (Å²) in [5.74, 6) is 0.694.